The van der Waals surface area contributed by atoms with Gasteiger partial charge in [0, 0.05) is 19.2 Å². The van der Waals surface area contributed by atoms with Crippen molar-refractivity contribution in [1.82, 2.24) is 9.55 Å². The monoisotopic (exact) mass is 392 g/mol. The Labute approximate surface area is 169 Å². The molecule has 0 radical (unpaired) electrons. The van der Waals surface area contributed by atoms with E-state index in [0.717, 1.165) is 17.7 Å². The molecule has 0 saturated heterocycles. The molecule has 2 amide bonds. The van der Waals surface area contributed by atoms with Gasteiger partial charge in [0.25, 0.3) is 5.56 Å². The van der Waals surface area contributed by atoms with Crippen LogP contribution >= 0.6 is 0 Å². The second kappa shape index (κ2) is 8.68. The first-order valence-electron chi connectivity index (χ1n) is 9.61. The van der Waals surface area contributed by atoms with Gasteiger partial charge in [0.2, 0.25) is 17.6 Å². The van der Waals surface area contributed by atoms with Gasteiger partial charge in [-0.3, -0.25) is 23.9 Å². The standard InChI is InChI=1S/C22H24N4O3/c1-4-16-10-6-7-11-17(16)23-20(28)14-26-19-13-9-8-12-18(19)24-21(22(26)29)25(5-2)15(3)27/h6-13H,4-5,14H2,1-3H3,(H,23,28). The number of amides is 2. The molecule has 0 saturated carbocycles. The number of anilines is 2. The largest absolute Gasteiger partial charge is 0.324 e. The quantitative estimate of drug-likeness (QED) is 0.699. The number of nitrogens with one attached hydrogen (secondary N) is 1. The van der Waals surface area contributed by atoms with Crippen LogP contribution in [-0.2, 0) is 22.6 Å². The molecule has 0 aliphatic heterocycles. The van der Waals surface area contributed by atoms with Crippen molar-refractivity contribution in [1.29, 1.82) is 0 Å². The second-order valence-corrected chi connectivity index (χ2v) is 6.64. The number of hydrogen-bond acceptors (Lipinski definition) is 4. The third kappa shape index (κ3) is 4.18. The molecule has 0 fully saturated rings. The lowest BCUT2D eigenvalue weighted by Crippen LogP contribution is -2.38. The zero-order chi connectivity index (χ0) is 21.0. The van der Waals surface area contributed by atoms with Crippen molar-refractivity contribution in [3.63, 3.8) is 0 Å². The summed E-state index contributed by atoms with van der Waals surface area (Å²) in [5.41, 5.74) is 2.36. The Morgan fingerprint density at radius 2 is 1.76 bits per heavy atom. The number of para-hydroxylation sites is 3. The van der Waals surface area contributed by atoms with Gasteiger partial charge in [-0.2, -0.15) is 0 Å². The number of aryl methyl sites for hydroxylation is 1. The molecule has 0 aliphatic rings. The van der Waals surface area contributed by atoms with Crippen LogP contribution in [0.2, 0.25) is 0 Å². The van der Waals surface area contributed by atoms with Crippen LogP contribution in [0.15, 0.2) is 53.3 Å². The summed E-state index contributed by atoms with van der Waals surface area (Å²) in [6.07, 6.45) is 0.781. The van der Waals surface area contributed by atoms with Gasteiger partial charge in [-0.05, 0) is 37.1 Å². The van der Waals surface area contributed by atoms with E-state index in [4.69, 9.17) is 0 Å². The number of hydrogen-bond donors (Lipinski definition) is 1. The van der Waals surface area contributed by atoms with Crippen molar-refractivity contribution in [2.75, 3.05) is 16.8 Å². The Hall–Kier alpha value is -3.48. The van der Waals surface area contributed by atoms with Gasteiger partial charge in [0.15, 0.2) is 0 Å². The Morgan fingerprint density at radius 1 is 1.07 bits per heavy atom. The fourth-order valence-electron chi connectivity index (χ4n) is 3.32. The summed E-state index contributed by atoms with van der Waals surface area (Å²) in [6.45, 7) is 5.31. The number of carbonyl (C=O) groups excluding carboxylic acids is 2. The lowest BCUT2D eigenvalue weighted by Gasteiger charge is -2.20. The van der Waals surface area contributed by atoms with E-state index in [0.29, 0.717) is 17.6 Å². The van der Waals surface area contributed by atoms with Gasteiger partial charge in [0.05, 0.1) is 11.0 Å². The smallest absolute Gasteiger partial charge is 0.294 e. The zero-order valence-electron chi connectivity index (χ0n) is 16.8. The molecule has 2 aromatic carbocycles. The highest BCUT2D eigenvalue weighted by Crippen LogP contribution is 2.17. The first-order valence-corrected chi connectivity index (χ1v) is 9.61. The molecule has 7 nitrogen and oxygen atoms in total. The van der Waals surface area contributed by atoms with Crippen molar-refractivity contribution in [2.45, 2.75) is 33.7 Å². The van der Waals surface area contributed by atoms with Gasteiger partial charge in [-0.25, -0.2) is 4.98 Å². The van der Waals surface area contributed by atoms with Crippen LogP contribution < -0.4 is 15.8 Å². The summed E-state index contributed by atoms with van der Waals surface area (Å²) in [6, 6.07) is 14.6. The third-order valence-electron chi connectivity index (χ3n) is 4.76. The Kier molecular flexibility index (Phi) is 6.07. The number of aromatic nitrogens is 2. The van der Waals surface area contributed by atoms with E-state index in [1.54, 1.807) is 31.2 Å². The van der Waals surface area contributed by atoms with Crippen molar-refractivity contribution >= 4 is 34.4 Å². The normalized spacial score (nSPS) is 10.7. The molecule has 0 atom stereocenters. The maximum atomic E-state index is 13.1. The highest BCUT2D eigenvalue weighted by molar-refractivity contribution is 5.93. The van der Waals surface area contributed by atoms with Crippen LogP contribution in [0.25, 0.3) is 11.0 Å². The molecule has 0 spiro atoms. The van der Waals surface area contributed by atoms with E-state index in [9.17, 15) is 14.4 Å². The number of fused-ring (bicyclic) bond motifs is 1. The van der Waals surface area contributed by atoms with E-state index in [2.05, 4.69) is 10.3 Å². The zero-order valence-corrected chi connectivity index (χ0v) is 16.8. The lowest BCUT2D eigenvalue weighted by molar-refractivity contribution is -0.117. The average Bonchev–Trinajstić information content (AvgIpc) is 2.71. The molecular formula is C22H24N4O3. The first-order chi connectivity index (χ1) is 14.0. The van der Waals surface area contributed by atoms with Gasteiger partial charge in [-0.1, -0.05) is 37.3 Å². The van der Waals surface area contributed by atoms with Crippen LogP contribution in [0.4, 0.5) is 11.5 Å². The summed E-state index contributed by atoms with van der Waals surface area (Å²) < 4.78 is 1.37. The number of benzene rings is 2. The molecule has 1 N–H and O–H groups in total. The van der Waals surface area contributed by atoms with Crippen LogP contribution in [0.3, 0.4) is 0 Å². The van der Waals surface area contributed by atoms with Gasteiger partial charge < -0.3 is 5.32 Å². The fourth-order valence-corrected chi connectivity index (χ4v) is 3.32. The molecule has 0 unspecified atom stereocenters. The summed E-state index contributed by atoms with van der Waals surface area (Å²) in [7, 11) is 0. The van der Waals surface area contributed by atoms with E-state index < -0.39 is 5.56 Å². The first kappa shape index (κ1) is 20.3. The van der Waals surface area contributed by atoms with E-state index in [1.165, 1.54) is 16.4 Å². The predicted octanol–water partition coefficient (Wildman–Crippen LogP) is 2.97. The summed E-state index contributed by atoms with van der Waals surface area (Å²) >= 11 is 0. The number of nitrogens with zero attached hydrogens (tertiary/aromatic N) is 3. The summed E-state index contributed by atoms with van der Waals surface area (Å²) in [5, 5.41) is 2.89. The minimum atomic E-state index is -0.473. The summed E-state index contributed by atoms with van der Waals surface area (Å²) in [5.74, 6) is -0.568. The van der Waals surface area contributed by atoms with Crippen molar-refractivity contribution < 1.29 is 9.59 Å². The van der Waals surface area contributed by atoms with E-state index in [-0.39, 0.29) is 24.2 Å². The molecule has 0 bridgehead atoms. The minimum absolute atomic E-state index is 0.0282. The average molecular weight is 392 g/mol. The summed E-state index contributed by atoms with van der Waals surface area (Å²) in [4.78, 5) is 43.6. The molecular weight excluding hydrogens is 368 g/mol. The van der Waals surface area contributed by atoms with E-state index in [1.807, 2.05) is 31.2 Å². The highest BCUT2D eigenvalue weighted by Gasteiger charge is 2.20. The van der Waals surface area contributed by atoms with Gasteiger partial charge in [-0.15, -0.1) is 0 Å². The Balaban J connectivity index is 2.04. The molecule has 1 heterocycles. The number of carbonyl (C=O) groups is 2. The van der Waals surface area contributed by atoms with Gasteiger partial charge in [0.1, 0.15) is 6.54 Å². The third-order valence-corrected chi connectivity index (χ3v) is 4.76. The maximum absolute atomic E-state index is 13.1. The number of rotatable bonds is 6. The molecule has 3 rings (SSSR count). The van der Waals surface area contributed by atoms with Gasteiger partial charge >= 0.3 is 0 Å². The minimum Gasteiger partial charge on any atom is -0.324 e. The van der Waals surface area contributed by atoms with Crippen molar-refractivity contribution in [3.8, 4) is 0 Å². The molecule has 7 heteroatoms. The predicted molar refractivity (Wildman–Crippen MR) is 114 cm³/mol. The topological polar surface area (TPSA) is 84.3 Å². The van der Waals surface area contributed by atoms with Crippen LogP contribution in [-0.4, -0.2) is 27.9 Å². The molecule has 29 heavy (non-hydrogen) atoms. The molecule has 150 valence electrons. The van der Waals surface area contributed by atoms with Crippen molar-refractivity contribution in [2.24, 2.45) is 0 Å². The van der Waals surface area contributed by atoms with Crippen LogP contribution in [0.5, 0.6) is 0 Å². The van der Waals surface area contributed by atoms with E-state index >= 15 is 0 Å². The maximum Gasteiger partial charge on any atom is 0.294 e. The fraction of sp³-hybridized carbons (Fsp3) is 0.273. The molecule has 1 aromatic heterocycles. The Morgan fingerprint density at radius 3 is 2.45 bits per heavy atom. The molecule has 3 aromatic rings. The molecule has 0 aliphatic carbocycles. The second-order valence-electron chi connectivity index (χ2n) is 6.64. The Bertz CT molecular complexity index is 1120. The van der Waals surface area contributed by atoms with Crippen molar-refractivity contribution in [3.05, 3.63) is 64.4 Å². The SMILES string of the molecule is CCc1ccccc1NC(=O)Cn1c(=O)c(N(CC)C(C)=O)nc2ccccc21. The van der Waals surface area contributed by atoms with Crippen LogP contribution in [0.1, 0.15) is 26.3 Å². The highest BCUT2D eigenvalue weighted by atomic mass is 16.2. The van der Waals surface area contributed by atoms with Crippen LogP contribution in [0, 0.1) is 0 Å². The lowest BCUT2D eigenvalue weighted by atomic mass is 10.1.